The van der Waals surface area contributed by atoms with Gasteiger partial charge in [-0.25, -0.2) is 17.9 Å². The zero-order valence-corrected chi connectivity index (χ0v) is 14.3. The molecule has 1 aliphatic carbocycles. The summed E-state index contributed by atoms with van der Waals surface area (Å²) in [5, 5.41) is 6.81. The van der Waals surface area contributed by atoms with Gasteiger partial charge in [-0.2, -0.15) is 5.10 Å². The monoisotopic (exact) mass is 371 g/mol. The molecule has 138 valence electrons. The number of amides is 1. The molecule has 0 fully saturated rings. The number of hydrogen-bond acceptors (Lipinski definition) is 2. The zero-order valence-electron chi connectivity index (χ0n) is 14.3. The summed E-state index contributed by atoms with van der Waals surface area (Å²) in [5.74, 6) is -2.33. The van der Waals surface area contributed by atoms with E-state index in [1.165, 1.54) is 12.1 Å². The minimum atomic E-state index is -0.725. The van der Waals surface area contributed by atoms with Crippen molar-refractivity contribution in [2.45, 2.75) is 25.7 Å². The second-order valence-electron chi connectivity index (χ2n) is 6.45. The molecule has 0 radical (unpaired) electrons. The summed E-state index contributed by atoms with van der Waals surface area (Å²) < 4.78 is 42.1. The van der Waals surface area contributed by atoms with Crippen molar-refractivity contribution in [3.05, 3.63) is 76.9 Å². The second kappa shape index (κ2) is 6.90. The molecule has 0 aliphatic heterocycles. The largest absolute Gasteiger partial charge is 0.318 e. The lowest BCUT2D eigenvalue weighted by Crippen LogP contribution is -2.16. The summed E-state index contributed by atoms with van der Waals surface area (Å²) in [6, 6.07) is 8.70. The lowest BCUT2D eigenvalue weighted by atomic mass is 9.95. The molecule has 4 rings (SSSR count). The van der Waals surface area contributed by atoms with Gasteiger partial charge in [0.2, 0.25) is 0 Å². The van der Waals surface area contributed by atoms with Crippen LogP contribution in [0.4, 0.5) is 18.9 Å². The van der Waals surface area contributed by atoms with E-state index < -0.39 is 17.5 Å². The van der Waals surface area contributed by atoms with Crippen LogP contribution in [0.25, 0.3) is 5.69 Å². The molecule has 0 saturated carbocycles. The van der Waals surface area contributed by atoms with Crippen LogP contribution in [-0.2, 0) is 12.8 Å². The van der Waals surface area contributed by atoms with Crippen LogP contribution in [0, 0.1) is 17.5 Å². The van der Waals surface area contributed by atoms with Crippen molar-refractivity contribution in [1.82, 2.24) is 9.78 Å². The Hall–Kier alpha value is -3.09. The highest BCUT2D eigenvalue weighted by Gasteiger charge is 2.26. The van der Waals surface area contributed by atoms with Gasteiger partial charge in [-0.05, 0) is 62.1 Å². The maximum atomic E-state index is 13.9. The van der Waals surface area contributed by atoms with E-state index in [0.29, 0.717) is 12.1 Å². The Morgan fingerprint density at radius 2 is 1.67 bits per heavy atom. The van der Waals surface area contributed by atoms with Gasteiger partial charge in [0.1, 0.15) is 17.5 Å². The van der Waals surface area contributed by atoms with Crippen LogP contribution in [0.2, 0.25) is 0 Å². The Morgan fingerprint density at radius 3 is 2.44 bits per heavy atom. The maximum Gasteiger partial charge on any atom is 0.276 e. The predicted molar refractivity (Wildman–Crippen MR) is 94.5 cm³/mol. The molecule has 1 heterocycles. The van der Waals surface area contributed by atoms with Gasteiger partial charge < -0.3 is 5.32 Å². The molecular weight excluding hydrogens is 355 g/mol. The Kier molecular flexibility index (Phi) is 4.43. The first kappa shape index (κ1) is 17.3. The van der Waals surface area contributed by atoms with Crippen LogP contribution >= 0.6 is 0 Å². The Morgan fingerprint density at radius 1 is 0.963 bits per heavy atom. The van der Waals surface area contributed by atoms with E-state index in [0.717, 1.165) is 48.7 Å². The average Bonchev–Trinajstić information content (AvgIpc) is 3.05. The highest BCUT2D eigenvalue weighted by Crippen LogP contribution is 2.28. The molecule has 2 aromatic carbocycles. The van der Waals surface area contributed by atoms with Gasteiger partial charge in [0, 0.05) is 17.3 Å². The molecule has 0 bridgehead atoms. The number of hydrogen-bond donors (Lipinski definition) is 1. The molecule has 3 aromatic rings. The molecule has 0 atom stereocenters. The smallest absolute Gasteiger partial charge is 0.276 e. The summed E-state index contributed by atoms with van der Waals surface area (Å²) in [6.45, 7) is 0. The molecular formula is C20H16F3N3O. The van der Waals surface area contributed by atoms with E-state index in [4.69, 9.17) is 0 Å². The number of halogens is 3. The SMILES string of the molecule is O=C(Nc1cc(F)ccc1F)c1nn(-c2ccc(F)cc2)c2c1CCCC2. The fourth-order valence-electron chi connectivity index (χ4n) is 3.35. The highest BCUT2D eigenvalue weighted by atomic mass is 19.1. The van der Waals surface area contributed by atoms with Gasteiger partial charge in [-0.3, -0.25) is 4.79 Å². The van der Waals surface area contributed by atoms with E-state index in [1.807, 2.05) is 0 Å². The van der Waals surface area contributed by atoms with Gasteiger partial charge in [-0.15, -0.1) is 0 Å². The van der Waals surface area contributed by atoms with Crippen LogP contribution < -0.4 is 5.32 Å². The number of anilines is 1. The van der Waals surface area contributed by atoms with Gasteiger partial charge in [0.15, 0.2) is 5.69 Å². The van der Waals surface area contributed by atoms with E-state index >= 15 is 0 Å². The van der Waals surface area contributed by atoms with E-state index in [2.05, 4.69) is 10.4 Å². The minimum Gasteiger partial charge on any atom is -0.318 e. The summed E-state index contributed by atoms with van der Waals surface area (Å²) >= 11 is 0. The number of nitrogens with one attached hydrogen (secondary N) is 1. The van der Waals surface area contributed by atoms with Crippen molar-refractivity contribution in [1.29, 1.82) is 0 Å². The fourth-order valence-corrected chi connectivity index (χ4v) is 3.35. The number of rotatable bonds is 3. The number of aromatic nitrogens is 2. The summed E-state index contributed by atoms with van der Waals surface area (Å²) in [4.78, 5) is 12.7. The summed E-state index contributed by atoms with van der Waals surface area (Å²) in [5.41, 5.74) is 2.27. The number of carbonyl (C=O) groups is 1. The van der Waals surface area contributed by atoms with Crippen molar-refractivity contribution in [3.8, 4) is 5.69 Å². The van der Waals surface area contributed by atoms with Gasteiger partial charge in [-0.1, -0.05) is 0 Å². The van der Waals surface area contributed by atoms with Crippen molar-refractivity contribution >= 4 is 11.6 Å². The third-order valence-electron chi connectivity index (χ3n) is 4.64. The third kappa shape index (κ3) is 3.32. The number of fused-ring (bicyclic) bond motifs is 1. The molecule has 1 N–H and O–H groups in total. The predicted octanol–water partition coefficient (Wildman–Crippen LogP) is 4.42. The molecule has 4 nitrogen and oxygen atoms in total. The molecule has 1 aliphatic rings. The standard InChI is InChI=1S/C20H16F3N3O/c21-12-5-8-14(9-6-12)26-18-4-2-1-3-15(18)19(25-26)20(27)24-17-11-13(22)7-10-16(17)23/h5-11H,1-4H2,(H,24,27). The van der Waals surface area contributed by atoms with Crippen molar-refractivity contribution in [3.63, 3.8) is 0 Å². The molecule has 1 amide bonds. The van der Waals surface area contributed by atoms with E-state index in [-0.39, 0.29) is 17.2 Å². The lowest BCUT2D eigenvalue weighted by Gasteiger charge is -2.14. The number of carbonyl (C=O) groups excluding carboxylic acids is 1. The van der Waals surface area contributed by atoms with Crippen molar-refractivity contribution in [2.75, 3.05) is 5.32 Å². The van der Waals surface area contributed by atoms with Crippen LogP contribution in [0.3, 0.4) is 0 Å². The Labute approximate surface area is 153 Å². The molecule has 0 spiro atoms. The molecule has 7 heteroatoms. The number of nitrogens with zero attached hydrogens (tertiary/aromatic N) is 2. The summed E-state index contributed by atoms with van der Waals surface area (Å²) in [7, 11) is 0. The Balaban J connectivity index is 1.73. The molecule has 0 saturated heterocycles. The molecule has 0 unspecified atom stereocenters. The van der Waals surface area contributed by atoms with Gasteiger partial charge in [0.25, 0.3) is 5.91 Å². The van der Waals surface area contributed by atoms with Crippen molar-refractivity contribution < 1.29 is 18.0 Å². The first-order chi connectivity index (χ1) is 13.0. The topological polar surface area (TPSA) is 46.9 Å². The maximum absolute atomic E-state index is 13.9. The zero-order chi connectivity index (χ0) is 19.0. The van der Waals surface area contributed by atoms with Crippen LogP contribution in [0.5, 0.6) is 0 Å². The van der Waals surface area contributed by atoms with Crippen molar-refractivity contribution in [2.24, 2.45) is 0 Å². The van der Waals surface area contributed by atoms with Crippen LogP contribution in [-0.4, -0.2) is 15.7 Å². The third-order valence-corrected chi connectivity index (χ3v) is 4.64. The average molecular weight is 371 g/mol. The van der Waals surface area contributed by atoms with E-state index in [1.54, 1.807) is 16.8 Å². The highest BCUT2D eigenvalue weighted by molar-refractivity contribution is 6.04. The minimum absolute atomic E-state index is 0.178. The first-order valence-electron chi connectivity index (χ1n) is 8.66. The first-order valence-corrected chi connectivity index (χ1v) is 8.66. The summed E-state index contributed by atoms with van der Waals surface area (Å²) in [6.07, 6.45) is 3.28. The van der Waals surface area contributed by atoms with Gasteiger partial charge >= 0.3 is 0 Å². The molecule has 1 aromatic heterocycles. The number of benzene rings is 2. The van der Waals surface area contributed by atoms with Crippen LogP contribution in [0.15, 0.2) is 42.5 Å². The fraction of sp³-hybridized carbons (Fsp3) is 0.200. The van der Waals surface area contributed by atoms with Gasteiger partial charge in [0.05, 0.1) is 11.4 Å². The lowest BCUT2D eigenvalue weighted by molar-refractivity contribution is 0.102. The van der Waals surface area contributed by atoms with Crippen LogP contribution in [0.1, 0.15) is 34.6 Å². The quantitative estimate of drug-likeness (QED) is 0.741. The Bertz CT molecular complexity index is 1010. The normalized spacial score (nSPS) is 13.3. The second-order valence-corrected chi connectivity index (χ2v) is 6.45. The molecule has 27 heavy (non-hydrogen) atoms. The van der Waals surface area contributed by atoms with E-state index in [9.17, 15) is 18.0 Å².